The van der Waals surface area contributed by atoms with Gasteiger partial charge in [0.15, 0.2) is 0 Å². The predicted octanol–water partition coefficient (Wildman–Crippen LogP) is 3.06. The fourth-order valence-corrected chi connectivity index (χ4v) is 1.90. The van der Waals surface area contributed by atoms with Gasteiger partial charge in [-0.05, 0) is 18.6 Å². The number of nitrogens with zero attached hydrogens (tertiary/aromatic N) is 2. The maximum atomic E-state index is 13.4. The summed E-state index contributed by atoms with van der Waals surface area (Å²) >= 11 is 0. The first-order chi connectivity index (χ1) is 7.49. The van der Waals surface area contributed by atoms with Gasteiger partial charge in [-0.15, -0.1) is 0 Å². The van der Waals surface area contributed by atoms with Crippen molar-refractivity contribution in [2.24, 2.45) is 0 Å². The predicted molar refractivity (Wildman–Crippen MR) is 53.0 cm³/mol. The minimum atomic E-state index is -2.67. The number of aromatic nitrogens is 2. The number of benzene rings is 1. The van der Waals surface area contributed by atoms with E-state index in [0.29, 0.717) is 16.6 Å². The van der Waals surface area contributed by atoms with Crippen LogP contribution in [0.3, 0.4) is 0 Å². The van der Waals surface area contributed by atoms with Crippen molar-refractivity contribution in [2.45, 2.75) is 25.3 Å². The Kier molecular flexibility index (Phi) is 1.68. The lowest BCUT2D eigenvalue weighted by molar-refractivity contribution is 0.101. The summed E-state index contributed by atoms with van der Waals surface area (Å²) in [5.41, 5.74) is 1.46. The summed E-state index contributed by atoms with van der Waals surface area (Å²) in [5.74, 6) is -3.06. The molecule has 0 spiro atoms. The minimum absolute atomic E-state index is 0.187. The topological polar surface area (TPSA) is 17.8 Å². The lowest BCUT2D eigenvalue weighted by Gasteiger charge is -2.03. The van der Waals surface area contributed by atoms with Crippen LogP contribution in [0.1, 0.15) is 18.0 Å². The average Bonchev–Trinajstić information content (AvgIpc) is 2.66. The molecule has 84 valence electrons. The summed E-state index contributed by atoms with van der Waals surface area (Å²) in [6.45, 7) is 1.62. The molecule has 0 amide bonds. The smallest absolute Gasteiger partial charge is 0.270 e. The van der Waals surface area contributed by atoms with E-state index in [4.69, 9.17) is 0 Å². The summed E-state index contributed by atoms with van der Waals surface area (Å²) in [7, 11) is 0. The van der Waals surface area contributed by atoms with Crippen molar-refractivity contribution in [1.29, 1.82) is 0 Å². The molecule has 2 aromatic rings. The molecule has 0 aliphatic heterocycles. The molecule has 0 unspecified atom stereocenters. The van der Waals surface area contributed by atoms with Crippen molar-refractivity contribution in [1.82, 2.24) is 9.55 Å². The molecule has 2 nitrogen and oxygen atoms in total. The Morgan fingerprint density at radius 1 is 1.44 bits per heavy atom. The van der Waals surface area contributed by atoms with Crippen molar-refractivity contribution < 1.29 is 13.2 Å². The molecule has 1 aromatic heterocycles. The molecule has 0 saturated heterocycles. The highest BCUT2D eigenvalue weighted by Crippen LogP contribution is 2.53. The zero-order valence-corrected chi connectivity index (χ0v) is 8.54. The fourth-order valence-electron chi connectivity index (χ4n) is 1.90. The second-order valence-corrected chi connectivity index (χ2v) is 4.22. The molecule has 0 N–H and O–H groups in total. The molecule has 3 rings (SSSR count). The molecule has 1 aromatic carbocycles. The van der Waals surface area contributed by atoms with Gasteiger partial charge in [0.05, 0.1) is 17.4 Å². The van der Waals surface area contributed by atoms with Crippen LogP contribution in [0.25, 0.3) is 11.0 Å². The second kappa shape index (κ2) is 2.78. The monoisotopic (exact) mass is 226 g/mol. The quantitative estimate of drug-likeness (QED) is 0.730. The van der Waals surface area contributed by atoms with Crippen LogP contribution < -0.4 is 0 Å². The number of alkyl halides is 2. The number of imidazole rings is 1. The van der Waals surface area contributed by atoms with Gasteiger partial charge in [0.25, 0.3) is 5.92 Å². The first kappa shape index (κ1) is 9.69. The summed E-state index contributed by atoms with van der Waals surface area (Å²) in [5, 5.41) is 0. The second-order valence-electron chi connectivity index (χ2n) is 4.22. The van der Waals surface area contributed by atoms with Crippen LogP contribution in [0.5, 0.6) is 0 Å². The first-order valence-corrected chi connectivity index (χ1v) is 4.99. The van der Waals surface area contributed by atoms with Gasteiger partial charge in [0, 0.05) is 12.5 Å². The summed E-state index contributed by atoms with van der Waals surface area (Å²) in [6, 6.07) is 1.98. The third kappa shape index (κ3) is 1.24. The molecule has 1 aliphatic rings. The standard InChI is InChI=1S/C11H9F3N2/c1-6-2-8-9(3-7(6)12)16(5-15-8)10-4-11(10,13)14/h2-3,5,10H,4H2,1H3/t10-/m0/s1. The minimum Gasteiger partial charge on any atom is -0.321 e. The van der Waals surface area contributed by atoms with E-state index in [2.05, 4.69) is 4.98 Å². The SMILES string of the molecule is Cc1cc2ncn([C@H]3CC3(F)F)c2cc1F. The third-order valence-electron chi connectivity index (χ3n) is 2.98. The van der Waals surface area contributed by atoms with E-state index in [1.807, 2.05) is 0 Å². The van der Waals surface area contributed by atoms with Gasteiger partial charge in [-0.2, -0.15) is 0 Å². The zero-order valence-electron chi connectivity index (χ0n) is 8.54. The van der Waals surface area contributed by atoms with Gasteiger partial charge in [-0.1, -0.05) is 0 Å². The van der Waals surface area contributed by atoms with E-state index in [-0.39, 0.29) is 6.42 Å². The van der Waals surface area contributed by atoms with Gasteiger partial charge in [0.1, 0.15) is 11.9 Å². The largest absolute Gasteiger partial charge is 0.321 e. The van der Waals surface area contributed by atoms with Crippen LogP contribution in [0.15, 0.2) is 18.5 Å². The van der Waals surface area contributed by atoms with Crippen LogP contribution in [-0.4, -0.2) is 15.5 Å². The van der Waals surface area contributed by atoms with E-state index >= 15 is 0 Å². The van der Waals surface area contributed by atoms with Gasteiger partial charge in [-0.25, -0.2) is 18.2 Å². The number of hydrogen-bond donors (Lipinski definition) is 0. The summed E-state index contributed by atoms with van der Waals surface area (Å²) < 4.78 is 40.6. The van der Waals surface area contributed by atoms with Crippen LogP contribution >= 0.6 is 0 Å². The maximum Gasteiger partial charge on any atom is 0.270 e. The van der Waals surface area contributed by atoms with Gasteiger partial charge in [0.2, 0.25) is 0 Å². The fraction of sp³-hybridized carbons (Fsp3) is 0.364. The Bertz CT molecular complexity index is 574. The molecule has 1 heterocycles. The lowest BCUT2D eigenvalue weighted by atomic mass is 10.2. The number of fused-ring (bicyclic) bond motifs is 1. The van der Waals surface area contributed by atoms with E-state index < -0.39 is 17.8 Å². The Balaban J connectivity index is 2.17. The molecule has 1 fully saturated rings. The van der Waals surface area contributed by atoms with E-state index in [1.54, 1.807) is 13.0 Å². The number of rotatable bonds is 1. The average molecular weight is 226 g/mol. The molecular weight excluding hydrogens is 217 g/mol. The van der Waals surface area contributed by atoms with Gasteiger partial charge < -0.3 is 4.57 Å². The molecule has 16 heavy (non-hydrogen) atoms. The number of aryl methyl sites for hydroxylation is 1. The van der Waals surface area contributed by atoms with Crippen molar-refractivity contribution in [3.05, 3.63) is 29.8 Å². The molecule has 1 atom stereocenters. The molecular formula is C11H9F3N2. The Morgan fingerprint density at radius 3 is 2.75 bits per heavy atom. The first-order valence-electron chi connectivity index (χ1n) is 4.99. The van der Waals surface area contributed by atoms with Crippen LogP contribution in [0.2, 0.25) is 0 Å². The van der Waals surface area contributed by atoms with Crippen molar-refractivity contribution >= 4 is 11.0 Å². The Morgan fingerprint density at radius 2 is 2.12 bits per heavy atom. The number of halogens is 3. The zero-order chi connectivity index (χ0) is 11.5. The Labute approximate surface area is 89.7 Å². The van der Waals surface area contributed by atoms with E-state index in [1.165, 1.54) is 17.0 Å². The highest BCUT2D eigenvalue weighted by molar-refractivity contribution is 5.76. The molecule has 5 heteroatoms. The van der Waals surface area contributed by atoms with Crippen molar-refractivity contribution in [3.8, 4) is 0 Å². The van der Waals surface area contributed by atoms with Crippen molar-refractivity contribution in [2.75, 3.05) is 0 Å². The van der Waals surface area contributed by atoms with E-state index in [0.717, 1.165) is 0 Å². The van der Waals surface area contributed by atoms with E-state index in [9.17, 15) is 13.2 Å². The maximum absolute atomic E-state index is 13.4. The Hall–Kier alpha value is -1.52. The van der Waals surface area contributed by atoms with Crippen molar-refractivity contribution in [3.63, 3.8) is 0 Å². The summed E-state index contributed by atoms with van der Waals surface area (Å²) in [4.78, 5) is 4.01. The highest BCUT2D eigenvalue weighted by atomic mass is 19.3. The summed E-state index contributed by atoms with van der Waals surface area (Å²) in [6.07, 6.45) is 1.17. The molecule has 1 saturated carbocycles. The van der Waals surface area contributed by atoms with Crippen LogP contribution in [0, 0.1) is 12.7 Å². The highest BCUT2D eigenvalue weighted by Gasteiger charge is 2.58. The lowest BCUT2D eigenvalue weighted by Crippen LogP contribution is -2.01. The van der Waals surface area contributed by atoms with Gasteiger partial charge in [-0.3, -0.25) is 0 Å². The van der Waals surface area contributed by atoms with Gasteiger partial charge >= 0.3 is 0 Å². The molecule has 0 bridgehead atoms. The third-order valence-corrected chi connectivity index (χ3v) is 2.98. The molecule has 1 aliphatic carbocycles. The normalized spacial score (nSPS) is 22.6. The molecule has 0 radical (unpaired) electrons. The van der Waals surface area contributed by atoms with Crippen LogP contribution in [-0.2, 0) is 0 Å². The van der Waals surface area contributed by atoms with Crippen LogP contribution in [0.4, 0.5) is 13.2 Å². The number of hydrogen-bond acceptors (Lipinski definition) is 1.